The summed E-state index contributed by atoms with van der Waals surface area (Å²) in [5.41, 5.74) is 13.1. The molecule has 0 aliphatic rings. The third-order valence-electron chi connectivity index (χ3n) is 3.98. The average Bonchev–Trinajstić information content (AvgIpc) is 2.60. The molecule has 0 aliphatic carbocycles. The third kappa shape index (κ3) is 4.10. The van der Waals surface area contributed by atoms with Crippen LogP contribution in [0.2, 0.25) is 0 Å². The molecule has 6 nitrogen and oxygen atoms in total. The van der Waals surface area contributed by atoms with Crippen LogP contribution in [0.3, 0.4) is 0 Å². The van der Waals surface area contributed by atoms with Gasteiger partial charge in [-0.25, -0.2) is 4.79 Å². The first-order valence-corrected chi connectivity index (χ1v) is 8.10. The Balaban J connectivity index is 1.90. The minimum Gasteiger partial charge on any atom is -0.489 e. The standard InChI is InChI=1S/C20H19N3O3/c21-17-8-4-3-7-15(17)12-26-18-10-14-6-2-1-5-13(14)9-16(18)11-19(24)23-20(22)25/h1-10H,11-12,21H2,(H3,22,23,24,25). The molecule has 0 aromatic heterocycles. The van der Waals surface area contributed by atoms with Crippen molar-refractivity contribution in [3.8, 4) is 5.75 Å². The molecule has 0 bridgehead atoms. The van der Waals surface area contributed by atoms with Crippen molar-refractivity contribution in [1.29, 1.82) is 0 Å². The molecular weight excluding hydrogens is 330 g/mol. The number of nitrogens with two attached hydrogens (primary N) is 2. The molecule has 5 N–H and O–H groups in total. The van der Waals surface area contributed by atoms with Crippen molar-refractivity contribution in [2.45, 2.75) is 13.0 Å². The number of rotatable bonds is 5. The molecule has 3 rings (SSSR count). The number of imide groups is 1. The normalized spacial score (nSPS) is 10.5. The van der Waals surface area contributed by atoms with Crippen molar-refractivity contribution >= 4 is 28.4 Å². The molecule has 0 aliphatic heterocycles. The predicted octanol–water partition coefficient (Wildman–Crippen LogP) is 2.74. The maximum atomic E-state index is 12.0. The van der Waals surface area contributed by atoms with Crippen LogP contribution in [0.15, 0.2) is 60.7 Å². The summed E-state index contributed by atoms with van der Waals surface area (Å²) in [5.74, 6) is 0.0726. The van der Waals surface area contributed by atoms with Crippen LogP contribution in [0.25, 0.3) is 10.8 Å². The Morgan fingerprint density at radius 2 is 1.58 bits per heavy atom. The van der Waals surface area contributed by atoms with Crippen LogP contribution < -0.4 is 21.5 Å². The number of carbonyl (C=O) groups excluding carboxylic acids is 2. The van der Waals surface area contributed by atoms with Crippen molar-refractivity contribution in [2.24, 2.45) is 5.73 Å². The average molecular weight is 349 g/mol. The van der Waals surface area contributed by atoms with Crippen LogP contribution in [-0.2, 0) is 17.8 Å². The zero-order valence-electron chi connectivity index (χ0n) is 14.1. The van der Waals surface area contributed by atoms with E-state index in [1.165, 1.54) is 0 Å². The number of urea groups is 1. The first-order valence-electron chi connectivity index (χ1n) is 8.10. The zero-order valence-corrected chi connectivity index (χ0v) is 14.1. The second kappa shape index (κ2) is 7.57. The van der Waals surface area contributed by atoms with E-state index in [1.807, 2.05) is 54.6 Å². The van der Waals surface area contributed by atoms with Crippen molar-refractivity contribution in [2.75, 3.05) is 5.73 Å². The van der Waals surface area contributed by atoms with E-state index in [4.69, 9.17) is 16.2 Å². The van der Waals surface area contributed by atoms with Gasteiger partial charge in [-0.3, -0.25) is 10.1 Å². The Morgan fingerprint density at radius 1 is 0.923 bits per heavy atom. The highest BCUT2D eigenvalue weighted by Crippen LogP contribution is 2.28. The lowest BCUT2D eigenvalue weighted by Gasteiger charge is -2.14. The highest BCUT2D eigenvalue weighted by Gasteiger charge is 2.13. The molecule has 0 fully saturated rings. The molecule has 0 spiro atoms. The molecular formula is C20H19N3O3. The van der Waals surface area contributed by atoms with Gasteiger partial charge in [0.05, 0.1) is 6.42 Å². The lowest BCUT2D eigenvalue weighted by molar-refractivity contribution is -0.119. The highest BCUT2D eigenvalue weighted by molar-refractivity contribution is 5.95. The van der Waals surface area contributed by atoms with E-state index < -0.39 is 11.9 Å². The van der Waals surface area contributed by atoms with Crippen LogP contribution in [0.5, 0.6) is 5.75 Å². The van der Waals surface area contributed by atoms with Crippen molar-refractivity contribution in [3.63, 3.8) is 0 Å². The number of amides is 3. The Labute approximate surface area is 150 Å². The molecule has 0 saturated carbocycles. The number of ether oxygens (including phenoxy) is 1. The van der Waals surface area contributed by atoms with Crippen LogP contribution in [-0.4, -0.2) is 11.9 Å². The summed E-state index contributed by atoms with van der Waals surface area (Å²) in [6, 6.07) is 18.1. The first-order chi connectivity index (χ1) is 12.5. The quantitative estimate of drug-likeness (QED) is 0.616. The molecule has 3 aromatic rings. The van der Waals surface area contributed by atoms with E-state index in [1.54, 1.807) is 6.07 Å². The van der Waals surface area contributed by atoms with Gasteiger partial charge in [0.15, 0.2) is 0 Å². The Morgan fingerprint density at radius 3 is 2.27 bits per heavy atom. The van der Waals surface area contributed by atoms with Gasteiger partial charge in [-0.1, -0.05) is 42.5 Å². The summed E-state index contributed by atoms with van der Waals surface area (Å²) in [6.45, 7) is 0.273. The Hall–Kier alpha value is -3.54. The number of primary amides is 1. The highest BCUT2D eigenvalue weighted by atomic mass is 16.5. The summed E-state index contributed by atoms with van der Waals surface area (Å²) in [4.78, 5) is 22.8. The fourth-order valence-corrected chi connectivity index (χ4v) is 2.71. The largest absolute Gasteiger partial charge is 0.489 e. The number of fused-ring (bicyclic) bond motifs is 1. The summed E-state index contributed by atoms with van der Waals surface area (Å²) in [6.07, 6.45) is -0.0205. The number of hydrogen-bond acceptors (Lipinski definition) is 4. The fourth-order valence-electron chi connectivity index (χ4n) is 2.71. The van der Waals surface area contributed by atoms with Crippen molar-refractivity contribution in [1.82, 2.24) is 5.32 Å². The molecule has 26 heavy (non-hydrogen) atoms. The van der Waals surface area contributed by atoms with E-state index in [-0.39, 0.29) is 13.0 Å². The third-order valence-corrected chi connectivity index (χ3v) is 3.98. The van der Waals surface area contributed by atoms with E-state index in [0.717, 1.165) is 16.3 Å². The van der Waals surface area contributed by atoms with Crippen molar-refractivity contribution < 1.29 is 14.3 Å². The van der Waals surface area contributed by atoms with Crippen LogP contribution in [0, 0.1) is 0 Å². The fraction of sp³-hybridized carbons (Fsp3) is 0.100. The molecule has 6 heteroatoms. The van der Waals surface area contributed by atoms with Crippen LogP contribution in [0.1, 0.15) is 11.1 Å². The monoisotopic (exact) mass is 349 g/mol. The number of nitrogen functional groups attached to an aromatic ring is 1. The van der Waals surface area contributed by atoms with Gasteiger partial charge < -0.3 is 16.2 Å². The number of carbonyl (C=O) groups is 2. The molecule has 0 atom stereocenters. The summed E-state index contributed by atoms with van der Waals surface area (Å²) < 4.78 is 5.94. The lowest BCUT2D eigenvalue weighted by atomic mass is 10.0. The number of nitrogens with one attached hydrogen (secondary N) is 1. The summed E-state index contributed by atoms with van der Waals surface area (Å²) in [5, 5.41) is 4.04. The molecule has 0 unspecified atom stereocenters. The predicted molar refractivity (Wildman–Crippen MR) is 101 cm³/mol. The first kappa shape index (κ1) is 17.3. The van der Waals surface area contributed by atoms with E-state index in [0.29, 0.717) is 17.0 Å². The van der Waals surface area contributed by atoms with Gasteiger partial charge >= 0.3 is 6.03 Å². The Kier molecular flexibility index (Phi) is 5.03. The van der Waals surface area contributed by atoms with Gasteiger partial charge in [-0.15, -0.1) is 0 Å². The van der Waals surface area contributed by atoms with E-state index >= 15 is 0 Å². The molecule has 3 amide bonds. The molecule has 0 heterocycles. The summed E-state index contributed by atoms with van der Waals surface area (Å²) >= 11 is 0. The van der Waals surface area contributed by atoms with Crippen LogP contribution in [0.4, 0.5) is 10.5 Å². The van der Waals surface area contributed by atoms with E-state index in [9.17, 15) is 9.59 Å². The SMILES string of the molecule is NC(=O)NC(=O)Cc1cc2ccccc2cc1OCc1ccccc1N. The summed E-state index contributed by atoms with van der Waals surface area (Å²) in [7, 11) is 0. The minimum absolute atomic E-state index is 0.0205. The minimum atomic E-state index is -0.879. The number of hydrogen-bond donors (Lipinski definition) is 3. The molecule has 0 radical (unpaired) electrons. The van der Waals surface area contributed by atoms with Gasteiger partial charge in [-0.05, 0) is 29.0 Å². The molecule has 0 saturated heterocycles. The topological polar surface area (TPSA) is 107 Å². The zero-order chi connectivity index (χ0) is 18.5. The lowest BCUT2D eigenvalue weighted by Crippen LogP contribution is -2.36. The number of benzene rings is 3. The van der Waals surface area contributed by atoms with Gasteiger partial charge in [0.25, 0.3) is 0 Å². The van der Waals surface area contributed by atoms with Gasteiger partial charge in [-0.2, -0.15) is 0 Å². The van der Waals surface area contributed by atoms with E-state index in [2.05, 4.69) is 5.32 Å². The van der Waals surface area contributed by atoms with Gasteiger partial charge in [0.2, 0.25) is 5.91 Å². The second-order valence-electron chi connectivity index (χ2n) is 5.88. The number of anilines is 1. The van der Waals surface area contributed by atoms with Gasteiger partial charge in [0.1, 0.15) is 12.4 Å². The maximum Gasteiger partial charge on any atom is 0.318 e. The van der Waals surface area contributed by atoms with Crippen LogP contribution >= 0.6 is 0 Å². The molecule has 132 valence electrons. The van der Waals surface area contributed by atoms with Gasteiger partial charge in [0, 0.05) is 16.8 Å². The smallest absolute Gasteiger partial charge is 0.318 e. The molecule has 3 aromatic carbocycles. The maximum absolute atomic E-state index is 12.0. The number of para-hydroxylation sites is 1. The van der Waals surface area contributed by atoms with Crippen molar-refractivity contribution in [3.05, 3.63) is 71.8 Å². The Bertz CT molecular complexity index is 969. The second-order valence-corrected chi connectivity index (χ2v) is 5.88.